The molecule has 3 heterocycles. The van der Waals surface area contributed by atoms with Crippen LogP contribution in [0.1, 0.15) is 43.1 Å². The number of carbonyl (C=O) groups is 1. The van der Waals surface area contributed by atoms with E-state index in [-0.39, 0.29) is 11.9 Å². The number of imidazole rings is 1. The average Bonchev–Trinajstić information content (AvgIpc) is 3.04. The van der Waals surface area contributed by atoms with Crippen LogP contribution in [-0.4, -0.2) is 76.6 Å². The number of amides is 1. The Bertz CT molecular complexity index is 746. The summed E-state index contributed by atoms with van der Waals surface area (Å²) in [7, 11) is 4.20. The standard InChI is InChI=1S/C19H30N6O/c1-14(2)25-13-21-17-11-15(12-20-18(17)25)19(26)22-16-5-7-24(8-6-16)10-9-23(3)4/h11-14,16H,5-10H2,1-4H3,(H,22,26). The van der Waals surface area contributed by atoms with Gasteiger partial charge in [-0.1, -0.05) is 0 Å². The van der Waals surface area contributed by atoms with Crippen LogP contribution >= 0.6 is 0 Å². The lowest BCUT2D eigenvalue weighted by atomic mass is 10.0. The van der Waals surface area contributed by atoms with Crippen molar-refractivity contribution in [2.45, 2.75) is 38.8 Å². The Morgan fingerprint density at radius 1 is 1.31 bits per heavy atom. The Labute approximate surface area is 155 Å². The summed E-state index contributed by atoms with van der Waals surface area (Å²) < 4.78 is 2.01. The van der Waals surface area contributed by atoms with Crippen LogP contribution in [0.15, 0.2) is 18.6 Å². The molecule has 0 radical (unpaired) electrons. The van der Waals surface area contributed by atoms with Gasteiger partial charge >= 0.3 is 0 Å². The van der Waals surface area contributed by atoms with Crippen molar-refractivity contribution in [3.05, 3.63) is 24.2 Å². The highest BCUT2D eigenvalue weighted by Gasteiger charge is 2.21. The maximum atomic E-state index is 12.6. The average molecular weight is 358 g/mol. The van der Waals surface area contributed by atoms with Gasteiger partial charge in [-0.05, 0) is 46.9 Å². The van der Waals surface area contributed by atoms with Crippen LogP contribution in [-0.2, 0) is 0 Å². The molecule has 26 heavy (non-hydrogen) atoms. The lowest BCUT2D eigenvalue weighted by Crippen LogP contribution is -2.46. The van der Waals surface area contributed by atoms with Gasteiger partial charge < -0.3 is 19.7 Å². The summed E-state index contributed by atoms with van der Waals surface area (Å²) in [5.41, 5.74) is 2.18. The zero-order chi connectivity index (χ0) is 18.7. The summed E-state index contributed by atoms with van der Waals surface area (Å²) in [6, 6.07) is 2.37. The number of hydrogen-bond acceptors (Lipinski definition) is 5. The van der Waals surface area contributed by atoms with Gasteiger partial charge in [-0.25, -0.2) is 9.97 Å². The smallest absolute Gasteiger partial charge is 0.253 e. The molecule has 0 aromatic carbocycles. The molecule has 0 bridgehead atoms. The summed E-state index contributed by atoms with van der Waals surface area (Å²) in [5, 5.41) is 3.16. The first-order valence-corrected chi connectivity index (χ1v) is 9.44. The lowest BCUT2D eigenvalue weighted by molar-refractivity contribution is 0.0909. The van der Waals surface area contributed by atoms with E-state index in [4.69, 9.17) is 0 Å². The normalized spacial score (nSPS) is 16.7. The van der Waals surface area contributed by atoms with Crippen molar-refractivity contribution in [2.75, 3.05) is 40.3 Å². The molecule has 3 rings (SSSR count). The Hall–Kier alpha value is -1.99. The van der Waals surface area contributed by atoms with Gasteiger partial charge in [0.15, 0.2) is 5.65 Å². The number of likely N-dealkylation sites (N-methyl/N-ethyl adjacent to an activating group) is 1. The summed E-state index contributed by atoms with van der Waals surface area (Å²) in [4.78, 5) is 26.1. The number of likely N-dealkylation sites (tertiary alicyclic amines) is 1. The highest BCUT2D eigenvalue weighted by Crippen LogP contribution is 2.17. The maximum absolute atomic E-state index is 12.6. The third-order valence-corrected chi connectivity index (χ3v) is 5.02. The van der Waals surface area contributed by atoms with E-state index in [0.29, 0.717) is 11.6 Å². The largest absolute Gasteiger partial charge is 0.349 e. The van der Waals surface area contributed by atoms with Gasteiger partial charge in [-0.15, -0.1) is 0 Å². The molecule has 7 heteroatoms. The minimum absolute atomic E-state index is 0.0507. The molecule has 1 N–H and O–H groups in total. The second-order valence-corrected chi connectivity index (χ2v) is 7.70. The molecule has 142 valence electrons. The van der Waals surface area contributed by atoms with Crippen LogP contribution in [0.5, 0.6) is 0 Å². The molecule has 1 amide bonds. The van der Waals surface area contributed by atoms with Crippen molar-refractivity contribution in [3.63, 3.8) is 0 Å². The molecule has 1 aliphatic rings. The summed E-state index contributed by atoms with van der Waals surface area (Å²) in [5.74, 6) is -0.0507. The van der Waals surface area contributed by atoms with Crippen molar-refractivity contribution < 1.29 is 4.79 Å². The van der Waals surface area contributed by atoms with Crippen LogP contribution in [0.3, 0.4) is 0 Å². The molecule has 0 unspecified atom stereocenters. The molecule has 7 nitrogen and oxygen atoms in total. The van der Waals surface area contributed by atoms with E-state index < -0.39 is 0 Å². The summed E-state index contributed by atoms with van der Waals surface area (Å²) in [6.07, 6.45) is 5.44. The number of pyridine rings is 1. The predicted octanol–water partition coefficient (Wildman–Crippen LogP) is 1.77. The molecule has 0 saturated carbocycles. The van der Waals surface area contributed by atoms with Gasteiger partial charge in [-0.2, -0.15) is 0 Å². The molecule has 2 aromatic heterocycles. The van der Waals surface area contributed by atoms with Gasteiger partial charge in [0, 0.05) is 44.5 Å². The monoisotopic (exact) mass is 358 g/mol. The van der Waals surface area contributed by atoms with Crippen molar-refractivity contribution in [1.29, 1.82) is 0 Å². The fourth-order valence-electron chi connectivity index (χ4n) is 3.33. The van der Waals surface area contributed by atoms with Crippen molar-refractivity contribution in [2.24, 2.45) is 0 Å². The molecule has 2 aromatic rings. The number of hydrogen-bond donors (Lipinski definition) is 1. The molecule has 1 fully saturated rings. The zero-order valence-electron chi connectivity index (χ0n) is 16.3. The van der Waals surface area contributed by atoms with Crippen LogP contribution in [0.4, 0.5) is 0 Å². The fourth-order valence-corrected chi connectivity index (χ4v) is 3.33. The number of aromatic nitrogens is 3. The highest BCUT2D eigenvalue weighted by atomic mass is 16.1. The predicted molar refractivity (Wildman–Crippen MR) is 103 cm³/mol. The Balaban J connectivity index is 1.56. The van der Waals surface area contributed by atoms with Gasteiger partial charge in [0.1, 0.15) is 5.52 Å². The number of nitrogens with one attached hydrogen (secondary N) is 1. The van der Waals surface area contributed by atoms with Crippen LogP contribution < -0.4 is 5.32 Å². The van der Waals surface area contributed by atoms with Crippen molar-refractivity contribution >= 4 is 17.1 Å². The van der Waals surface area contributed by atoms with E-state index in [9.17, 15) is 4.79 Å². The summed E-state index contributed by atoms with van der Waals surface area (Å²) in [6.45, 7) is 8.42. The van der Waals surface area contributed by atoms with Crippen molar-refractivity contribution in [3.8, 4) is 0 Å². The van der Waals surface area contributed by atoms with E-state index in [2.05, 4.69) is 53.0 Å². The molecule has 0 atom stereocenters. The highest BCUT2D eigenvalue weighted by molar-refractivity contribution is 5.96. The first-order chi connectivity index (χ1) is 12.4. The zero-order valence-corrected chi connectivity index (χ0v) is 16.3. The molecular formula is C19H30N6O. The van der Waals surface area contributed by atoms with Crippen LogP contribution in [0.2, 0.25) is 0 Å². The molecule has 0 spiro atoms. The molecule has 1 saturated heterocycles. The Morgan fingerprint density at radius 3 is 2.69 bits per heavy atom. The minimum atomic E-state index is -0.0507. The molecular weight excluding hydrogens is 328 g/mol. The third-order valence-electron chi connectivity index (χ3n) is 5.02. The van der Waals surface area contributed by atoms with Gasteiger partial charge in [-0.3, -0.25) is 4.79 Å². The second kappa shape index (κ2) is 8.14. The van der Waals surface area contributed by atoms with Crippen LogP contribution in [0.25, 0.3) is 11.2 Å². The number of rotatable bonds is 6. The molecule has 0 aliphatic carbocycles. The topological polar surface area (TPSA) is 66.3 Å². The number of nitrogens with zero attached hydrogens (tertiary/aromatic N) is 5. The SMILES string of the molecule is CC(C)n1cnc2cc(C(=O)NC3CCN(CCN(C)C)CC3)cnc21. The van der Waals surface area contributed by atoms with E-state index in [0.717, 1.165) is 50.2 Å². The fraction of sp³-hybridized carbons (Fsp3) is 0.632. The van der Waals surface area contributed by atoms with Gasteiger partial charge in [0.05, 0.1) is 11.9 Å². The van der Waals surface area contributed by atoms with Crippen molar-refractivity contribution in [1.82, 2.24) is 29.7 Å². The van der Waals surface area contributed by atoms with E-state index in [1.54, 1.807) is 12.5 Å². The third kappa shape index (κ3) is 4.40. The maximum Gasteiger partial charge on any atom is 0.253 e. The van der Waals surface area contributed by atoms with E-state index in [1.807, 2.05) is 10.6 Å². The van der Waals surface area contributed by atoms with E-state index in [1.165, 1.54) is 0 Å². The number of piperidine rings is 1. The number of carbonyl (C=O) groups excluding carboxylic acids is 1. The molecule has 1 aliphatic heterocycles. The van der Waals surface area contributed by atoms with Gasteiger partial charge in [0.2, 0.25) is 0 Å². The number of fused-ring (bicyclic) bond motifs is 1. The first-order valence-electron chi connectivity index (χ1n) is 9.44. The van der Waals surface area contributed by atoms with E-state index >= 15 is 0 Å². The lowest BCUT2D eigenvalue weighted by Gasteiger charge is -2.32. The quantitative estimate of drug-likeness (QED) is 0.852. The summed E-state index contributed by atoms with van der Waals surface area (Å²) >= 11 is 0. The Morgan fingerprint density at radius 2 is 2.04 bits per heavy atom. The first kappa shape index (κ1) is 18.8. The minimum Gasteiger partial charge on any atom is -0.349 e. The second-order valence-electron chi connectivity index (χ2n) is 7.70. The van der Waals surface area contributed by atoms with Gasteiger partial charge in [0.25, 0.3) is 5.91 Å². The van der Waals surface area contributed by atoms with Crippen LogP contribution in [0, 0.1) is 0 Å². The Kier molecular flexibility index (Phi) is 5.88.